The first-order valence-electron chi connectivity index (χ1n) is 7.86. The number of hydrogen-bond donors (Lipinski definition) is 1. The number of tetrazole rings is 1. The highest BCUT2D eigenvalue weighted by Crippen LogP contribution is 2.13. The first-order valence-corrected chi connectivity index (χ1v) is 7.86. The van der Waals surface area contributed by atoms with Crippen molar-refractivity contribution in [3.05, 3.63) is 78.6 Å². The zero-order valence-electron chi connectivity index (χ0n) is 13.6. The third-order valence-electron chi connectivity index (χ3n) is 3.84. The van der Waals surface area contributed by atoms with Gasteiger partial charge in [0, 0.05) is 12.1 Å². The number of carbonyl (C=O) groups excluding carboxylic acids is 1. The van der Waals surface area contributed by atoms with E-state index >= 15 is 0 Å². The van der Waals surface area contributed by atoms with Crippen LogP contribution in [0, 0.1) is 0 Å². The highest BCUT2D eigenvalue weighted by molar-refractivity contribution is 5.94. The Morgan fingerprint density at radius 1 is 1.00 bits per heavy atom. The van der Waals surface area contributed by atoms with Gasteiger partial charge in [-0.3, -0.25) is 4.79 Å². The van der Waals surface area contributed by atoms with Gasteiger partial charge in [-0.05, 0) is 46.3 Å². The van der Waals surface area contributed by atoms with E-state index in [1.54, 1.807) is 35.3 Å². The smallest absolute Gasteiger partial charge is 0.251 e. The SMILES string of the molecule is O=C(NCc1ccccc1-n1cncn1)c1ccc(-n2cnnn2)cc1. The van der Waals surface area contributed by atoms with Crippen LogP contribution in [0.4, 0.5) is 0 Å². The second kappa shape index (κ2) is 6.93. The number of nitrogens with zero attached hydrogens (tertiary/aromatic N) is 7. The van der Waals surface area contributed by atoms with Gasteiger partial charge in [0.25, 0.3) is 5.91 Å². The Morgan fingerprint density at radius 3 is 2.58 bits per heavy atom. The van der Waals surface area contributed by atoms with Gasteiger partial charge in [0.05, 0.1) is 11.4 Å². The van der Waals surface area contributed by atoms with Crippen LogP contribution in [-0.2, 0) is 6.54 Å². The molecule has 9 nitrogen and oxygen atoms in total. The fourth-order valence-electron chi connectivity index (χ4n) is 2.54. The lowest BCUT2D eigenvalue weighted by Crippen LogP contribution is -2.23. The lowest BCUT2D eigenvalue weighted by Gasteiger charge is -2.10. The minimum absolute atomic E-state index is 0.165. The zero-order valence-corrected chi connectivity index (χ0v) is 13.6. The van der Waals surface area contributed by atoms with E-state index in [-0.39, 0.29) is 5.91 Å². The zero-order chi connectivity index (χ0) is 17.8. The van der Waals surface area contributed by atoms with Crippen molar-refractivity contribution in [1.82, 2.24) is 40.3 Å². The van der Waals surface area contributed by atoms with E-state index in [9.17, 15) is 4.79 Å². The van der Waals surface area contributed by atoms with Crippen LogP contribution < -0.4 is 5.32 Å². The van der Waals surface area contributed by atoms with Gasteiger partial charge < -0.3 is 5.32 Å². The van der Waals surface area contributed by atoms with Gasteiger partial charge in [0.1, 0.15) is 19.0 Å². The number of aromatic nitrogens is 7. The van der Waals surface area contributed by atoms with E-state index in [1.807, 2.05) is 24.3 Å². The second-order valence-electron chi connectivity index (χ2n) is 5.45. The third-order valence-corrected chi connectivity index (χ3v) is 3.84. The van der Waals surface area contributed by atoms with Crippen molar-refractivity contribution < 1.29 is 4.79 Å². The molecule has 0 aliphatic rings. The van der Waals surface area contributed by atoms with Crippen LogP contribution in [0.3, 0.4) is 0 Å². The van der Waals surface area contributed by atoms with Gasteiger partial charge >= 0.3 is 0 Å². The molecule has 0 saturated carbocycles. The molecule has 1 N–H and O–H groups in total. The average Bonchev–Trinajstić information content (AvgIpc) is 3.40. The number of para-hydroxylation sites is 1. The predicted octanol–water partition coefficient (Wildman–Crippen LogP) is 1.17. The standard InChI is InChI=1S/C17H14N8O/c26-17(13-5-7-15(8-6-13)24-12-20-22-23-24)19-9-14-3-1-2-4-16(14)25-11-18-10-21-25/h1-8,10-12H,9H2,(H,19,26). The van der Waals surface area contributed by atoms with Crippen LogP contribution in [0.15, 0.2) is 67.5 Å². The maximum atomic E-state index is 12.4. The monoisotopic (exact) mass is 346 g/mol. The predicted molar refractivity (Wildman–Crippen MR) is 91.7 cm³/mol. The Morgan fingerprint density at radius 2 is 1.85 bits per heavy atom. The van der Waals surface area contributed by atoms with Gasteiger partial charge in [-0.2, -0.15) is 5.10 Å². The van der Waals surface area contributed by atoms with E-state index in [2.05, 4.69) is 30.9 Å². The fraction of sp³-hybridized carbons (Fsp3) is 0.0588. The third kappa shape index (κ3) is 3.18. The fourth-order valence-corrected chi connectivity index (χ4v) is 2.54. The molecule has 2 heterocycles. The normalized spacial score (nSPS) is 10.6. The van der Waals surface area contributed by atoms with E-state index in [0.717, 1.165) is 16.9 Å². The maximum Gasteiger partial charge on any atom is 0.251 e. The molecule has 0 aliphatic heterocycles. The van der Waals surface area contributed by atoms with Crippen LogP contribution in [0.5, 0.6) is 0 Å². The molecule has 2 aromatic heterocycles. The molecule has 2 aromatic carbocycles. The Labute approximate surface area is 148 Å². The maximum absolute atomic E-state index is 12.4. The minimum Gasteiger partial charge on any atom is -0.348 e. The molecule has 0 fully saturated rings. The molecule has 0 bridgehead atoms. The highest BCUT2D eigenvalue weighted by atomic mass is 16.1. The Balaban J connectivity index is 1.46. The molecule has 0 radical (unpaired) electrons. The quantitative estimate of drug-likeness (QED) is 0.582. The lowest BCUT2D eigenvalue weighted by atomic mass is 10.1. The van der Waals surface area contributed by atoms with Crippen LogP contribution in [0.1, 0.15) is 15.9 Å². The molecule has 0 atom stereocenters. The van der Waals surface area contributed by atoms with E-state index in [0.29, 0.717) is 12.1 Å². The number of hydrogen-bond acceptors (Lipinski definition) is 6. The van der Waals surface area contributed by atoms with E-state index in [1.165, 1.54) is 17.3 Å². The van der Waals surface area contributed by atoms with Crippen LogP contribution in [-0.4, -0.2) is 40.9 Å². The Kier molecular flexibility index (Phi) is 4.17. The molecular weight excluding hydrogens is 332 g/mol. The molecular formula is C17H14N8O. The molecule has 26 heavy (non-hydrogen) atoms. The summed E-state index contributed by atoms with van der Waals surface area (Å²) in [6, 6.07) is 14.7. The summed E-state index contributed by atoms with van der Waals surface area (Å²) in [5.41, 5.74) is 3.15. The van der Waals surface area contributed by atoms with Gasteiger partial charge in [-0.1, -0.05) is 18.2 Å². The van der Waals surface area contributed by atoms with E-state index < -0.39 is 0 Å². The number of benzene rings is 2. The Bertz CT molecular complexity index is 994. The molecule has 0 spiro atoms. The molecule has 9 heteroatoms. The molecule has 128 valence electrons. The topological polar surface area (TPSA) is 103 Å². The highest BCUT2D eigenvalue weighted by Gasteiger charge is 2.09. The first kappa shape index (κ1) is 15.6. The molecule has 0 unspecified atom stereocenters. The summed E-state index contributed by atoms with van der Waals surface area (Å²) < 4.78 is 3.19. The van der Waals surface area contributed by atoms with E-state index in [4.69, 9.17) is 0 Å². The van der Waals surface area contributed by atoms with Crippen molar-refractivity contribution in [2.45, 2.75) is 6.54 Å². The first-order chi connectivity index (χ1) is 12.8. The summed E-state index contributed by atoms with van der Waals surface area (Å²) >= 11 is 0. The summed E-state index contributed by atoms with van der Waals surface area (Å²) in [5.74, 6) is -0.165. The summed E-state index contributed by atoms with van der Waals surface area (Å²) in [5, 5.41) is 18.1. The molecule has 4 aromatic rings. The largest absolute Gasteiger partial charge is 0.348 e. The summed E-state index contributed by atoms with van der Waals surface area (Å²) in [4.78, 5) is 16.4. The van der Waals surface area contributed by atoms with Crippen molar-refractivity contribution >= 4 is 5.91 Å². The van der Waals surface area contributed by atoms with Crippen LogP contribution in [0.2, 0.25) is 0 Å². The van der Waals surface area contributed by atoms with Crippen molar-refractivity contribution in [2.75, 3.05) is 0 Å². The minimum atomic E-state index is -0.165. The summed E-state index contributed by atoms with van der Waals surface area (Å²) in [7, 11) is 0. The van der Waals surface area contributed by atoms with Crippen molar-refractivity contribution in [2.24, 2.45) is 0 Å². The van der Waals surface area contributed by atoms with Gasteiger partial charge in [0.2, 0.25) is 0 Å². The number of amides is 1. The summed E-state index contributed by atoms with van der Waals surface area (Å²) in [6.07, 6.45) is 4.59. The van der Waals surface area contributed by atoms with Crippen LogP contribution >= 0.6 is 0 Å². The summed E-state index contributed by atoms with van der Waals surface area (Å²) in [6.45, 7) is 0.379. The number of nitrogens with one attached hydrogen (secondary N) is 1. The lowest BCUT2D eigenvalue weighted by molar-refractivity contribution is 0.0951. The molecule has 4 rings (SSSR count). The molecule has 0 aliphatic carbocycles. The van der Waals surface area contributed by atoms with Crippen LogP contribution in [0.25, 0.3) is 11.4 Å². The number of carbonyl (C=O) groups is 1. The van der Waals surface area contributed by atoms with Crippen molar-refractivity contribution in [1.29, 1.82) is 0 Å². The Hall–Kier alpha value is -3.88. The molecule has 1 amide bonds. The second-order valence-corrected chi connectivity index (χ2v) is 5.45. The average molecular weight is 346 g/mol. The van der Waals surface area contributed by atoms with Crippen molar-refractivity contribution in [3.8, 4) is 11.4 Å². The van der Waals surface area contributed by atoms with Gasteiger partial charge in [-0.25, -0.2) is 14.3 Å². The van der Waals surface area contributed by atoms with Crippen molar-refractivity contribution in [3.63, 3.8) is 0 Å². The molecule has 0 saturated heterocycles. The van der Waals surface area contributed by atoms with Gasteiger partial charge in [0.15, 0.2) is 0 Å². The number of rotatable bonds is 5. The van der Waals surface area contributed by atoms with Gasteiger partial charge in [-0.15, -0.1) is 5.10 Å².